The Morgan fingerprint density at radius 3 is 2.65 bits per heavy atom. The lowest BCUT2D eigenvalue weighted by Gasteiger charge is -2.12. The molecule has 7 heteroatoms. The largest absolute Gasteiger partial charge is 0.477 e. The van der Waals surface area contributed by atoms with Crippen LogP contribution in [0.5, 0.6) is 0 Å². The van der Waals surface area contributed by atoms with E-state index in [0.717, 1.165) is 11.3 Å². The average Bonchev–Trinajstić information content (AvgIpc) is 2.60. The Morgan fingerprint density at radius 1 is 1.59 bits per heavy atom. The second-order valence-electron chi connectivity index (χ2n) is 3.81. The lowest BCUT2D eigenvalue weighted by Crippen LogP contribution is -2.32. The van der Waals surface area contributed by atoms with Crippen LogP contribution in [0.2, 0.25) is 0 Å². The summed E-state index contributed by atoms with van der Waals surface area (Å²) in [7, 11) is -3.76. The Kier molecular flexibility index (Phi) is 4.29. The molecule has 0 amide bonds. The standard InChI is InChI=1S/C10H15NO4S2/c1-4-7(3)11-17(14,15)9-6(2)5-16-8(9)10(12)13/h5,7,11H,4H2,1-3H3,(H,12,13). The van der Waals surface area contributed by atoms with Crippen LogP contribution in [-0.2, 0) is 10.0 Å². The van der Waals surface area contributed by atoms with Crippen molar-refractivity contribution in [1.82, 2.24) is 4.72 Å². The Hall–Kier alpha value is -0.920. The fraction of sp³-hybridized carbons (Fsp3) is 0.500. The Labute approximate surface area is 105 Å². The van der Waals surface area contributed by atoms with E-state index in [1.165, 1.54) is 5.38 Å². The van der Waals surface area contributed by atoms with Crippen LogP contribution >= 0.6 is 11.3 Å². The number of hydrogen-bond acceptors (Lipinski definition) is 4. The van der Waals surface area contributed by atoms with E-state index in [1.807, 2.05) is 6.92 Å². The number of sulfonamides is 1. The summed E-state index contributed by atoms with van der Waals surface area (Å²) < 4.78 is 26.5. The van der Waals surface area contributed by atoms with Gasteiger partial charge < -0.3 is 5.11 Å². The molecule has 0 bridgehead atoms. The molecule has 0 aliphatic heterocycles. The highest BCUT2D eigenvalue weighted by molar-refractivity contribution is 7.89. The molecule has 1 heterocycles. The van der Waals surface area contributed by atoms with Crippen molar-refractivity contribution < 1.29 is 18.3 Å². The van der Waals surface area contributed by atoms with E-state index in [-0.39, 0.29) is 15.8 Å². The van der Waals surface area contributed by atoms with Crippen molar-refractivity contribution in [3.8, 4) is 0 Å². The van der Waals surface area contributed by atoms with Gasteiger partial charge in [0, 0.05) is 6.04 Å². The molecule has 0 radical (unpaired) electrons. The summed E-state index contributed by atoms with van der Waals surface area (Å²) in [4.78, 5) is 10.7. The van der Waals surface area contributed by atoms with Gasteiger partial charge in [-0.2, -0.15) is 0 Å². The highest BCUT2D eigenvalue weighted by Gasteiger charge is 2.27. The predicted octanol–water partition coefficient (Wildman–Crippen LogP) is 1.83. The molecule has 1 aromatic rings. The van der Waals surface area contributed by atoms with E-state index in [0.29, 0.717) is 12.0 Å². The zero-order chi connectivity index (χ0) is 13.2. The van der Waals surface area contributed by atoms with E-state index in [2.05, 4.69) is 4.72 Å². The van der Waals surface area contributed by atoms with Crippen molar-refractivity contribution in [3.05, 3.63) is 15.8 Å². The van der Waals surface area contributed by atoms with Gasteiger partial charge in [0.2, 0.25) is 10.0 Å². The van der Waals surface area contributed by atoms with Crippen LogP contribution in [0.4, 0.5) is 0 Å². The zero-order valence-corrected chi connectivity index (χ0v) is 11.5. The maximum absolute atomic E-state index is 12.0. The molecule has 1 atom stereocenters. The number of thiophene rings is 1. The maximum atomic E-state index is 12.0. The first-order valence-electron chi connectivity index (χ1n) is 5.13. The molecule has 1 rings (SSSR count). The number of carbonyl (C=O) groups is 1. The molecule has 1 aromatic heterocycles. The smallest absolute Gasteiger partial charge is 0.347 e. The lowest BCUT2D eigenvalue weighted by atomic mass is 10.3. The minimum Gasteiger partial charge on any atom is -0.477 e. The summed E-state index contributed by atoms with van der Waals surface area (Å²) in [5.41, 5.74) is 0.461. The minimum absolute atomic E-state index is 0.115. The first-order chi connectivity index (χ1) is 7.79. The third-order valence-corrected chi connectivity index (χ3v) is 5.34. The normalized spacial score (nSPS) is 13.6. The van der Waals surface area contributed by atoms with Crippen molar-refractivity contribution in [2.75, 3.05) is 0 Å². The monoisotopic (exact) mass is 277 g/mol. The van der Waals surface area contributed by atoms with Crippen molar-refractivity contribution in [2.24, 2.45) is 0 Å². The van der Waals surface area contributed by atoms with E-state index < -0.39 is 16.0 Å². The van der Waals surface area contributed by atoms with Crippen LogP contribution in [0, 0.1) is 6.92 Å². The molecule has 2 N–H and O–H groups in total. The van der Waals surface area contributed by atoms with E-state index >= 15 is 0 Å². The van der Waals surface area contributed by atoms with Crippen LogP contribution < -0.4 is 4.72 Å². The van der Waals surface area contributed by atoms with Crippen LogP contribution in [0.3, 0.4) is 0 Å². The third-order valence-electron chi connectivity index (χ3n) is 2.35. The van der Waals surface area contributed by atoms with Crippen LogP contribution in [0.1, 0.15) is 35.5 Å². The Morgan fingerprint density at radius 2 is 2.18 bits per heavy atom. The molecule has 1 unspecified atom stereocenters. The quantitative estimate of drug-likeness (QED) is 0.860. The van der Waals surface area contributed by atoms with E-state index in [1.54, 1.807) is 13.8 Å². The Balaban J connectivity index is 3.23. The van der Waals surface area contributed by atoms with E-state index in [9.17, 15) is 13.2 Å². The highest BCUT2D eigenvalue weighted by atomic mass is 32.2. The molecule has 0 spiro atoms. The Bertz CT molecular complexity index is 518. The molecular formula is C10H15NO4S2. The fourth-order valence-corrected chi connectivity index (χ4v) is 4.28. The molecule has 0 aliphatic carbocycles. The SMILES string of the molecule is CCC(C)NS(=O)(=O)c1c(C)csc1C(=O)O. The van der Waals surface area contributed by atoms with E-state index in [4.69, 9.17) is 5.11 Å². The van der Waals surface area contributed by atoms with Gasteiger partial charge in [0.25, 0.3) is 0 Å². The fourth-order valence-electron chi connectivity index (χ4n) is 1.32. The molecular weight excluding hydrogens is 262 g/mol. The second-order valence-corrected chi connectivity index (χ2v) is 6.34. The van der Waals surface area contributed by atoms with Gasteiger partial charge in [-0.05, 0) is 31.2 Å². The molecule has 17 heavy (non-hydrogen) atoms. The number of aromatic carboxylic acids is 1. The zero-order valence-electron chi connectivity index (χ0n) is 9.85. The number of nitrogens with one attached hydrogen (secondary N) is 1. The molecule has 0 aliphatic rings. The van der Waals surface area contributed by atoms with Gasteiger partial charge in [-0.15, -0.1) is 11.3 Å². The first kappa shape index (κ1) is 14.1. The van der Waals surface area contributed by atoms with Gasteiger partial charge in [0.1, 0.15) is 9.77 Å². The molecule has 0 fully saturated rings. The summed E-state index contributed by atoms with van der Waals surface area (Å²) >= 11 is 0.927. The van der Waals surface area contributed by atoms with Crippen LogP contribution in [0.15, 0.2) is 10.3 Å². The number of aryl methyl sites for hydroxylation is 1. The van der Waals surface area contributed by atoms with Gasteiger partial charge in [0.15, 0.2) is 0 Å². The van der Waals surface area contributed by atoms with Gasteiger partial charge in [-0.3, -0.25) is 0 Å². The van der Waals surface area contributed by atoms with Crippen molar-refractivity contribution in [3.63, 3.8) is 0 Å². The van der Waals surface area contributed by atoms with Crippen LogP contribution in [0.25, 0.3) is 0 Å². The van der Waals surface area contributed by atoms with Gasteiger partial charge in [0.05, 0.1) is 0 Å². The lowest BCUT2D eigenvalue weighted by molar-refractivity contribution is 0.0698. The first-order valence-corrected chi connectivity index (χ1v) is 7.49. The number of hydrogen-bond donors (Lipinski definition) is 2. The molecule has 5 nitrogen and oxygen atoms in total. The number of carboxylic acid groups (broad SMARTS) is 1. The number of rotatable bonds is 5. The molecule has 0 saturated carbocycles. The maximum Gasteiger partial charge on any atom is 0.347 e. The minimum atomic E-state index is -3.76. The highest BCUT2D eigenvalue weighted by Crippen LogP contribution is 2.26. The third kappa shape index (κ3) is 3.05. The second kappa shape index (κ2) is 5.16. The van der Waals surface area contributed by atoms with Crippen molar-refractivity contribution >= 4 is 27.3 Å². The van der Waals surface area contributed by atoms with Gasteiger partial charge >= 0.3 is 5.97 Å². The molecule has 0 saturated heterocycles. The topological polar surface area (TPSA) is 83.5 Å². The van der Waals surface area contributed by atoms with Crippen LogP contribution in [-0.4, -0.2) is 25.5 Å². The summed E-state index contributed by atoms with van der Waals surface area (Å²) in [6, 6.07) is -0.221. The van der Waals surface area contributed by atoms with Crippen molar-refractivity contribution in [1.29, 1.82) is 0 Å². The average molecular weight is 277 g/mol. The van der Waals surface area contributed by atoms with Gasteiger partial charge in [-0.1, -0.05) is 6.92 Å². The summed E-state index contributed by atoms with van der Waals surface area (Å²) in [5, 5.41) is 10.5. The summed E-state index contributed by atoms with van der Waals surface area (Å²) in [5.74, 6) is -1.22. The molecule has 0 aromatic carbocycles. The molecule has 96 valence electrons. The summed E-state index contributed by atoms with van der Waals surface area (Å²) in [6.45, 7) is 5.18. The predicted molar refractivity (Wildman–Crippen MR) is 66.1 cm³/mol. The number of carboxylic acids is 1. The summed E-state index contributed by atoms with van der Waals surface area (Å²) in [6.07, 6.45) is 0.644. The van der Waals surface area contributed by atoms with Gasteiger partial charge in [-0.25, -0.2) is 17.9 Å². The van der Waals surface area contributed by atoms with Crippen molar-refractivity contribution in [2.45, 2.75) is 38.1 Å².